The molecule has 1 aromatic rings. The fourth-order valence-corrected chi connectivity index (χ4v) is 3.74. The van der Waals surface area contributed by atoms with Crippen molar-refractivity contribution in [2.45, 2.75) is 51.5 Å². The van der Waals surface area contributed by atoms with Crippen LogP contribution in [0.4, 0.5) is 0 Å². The Balaban J connectivity index is 3.33. The lowest BCUT2D eigenvalue weighted by Gasteiger charge is -2.16. The van der Waals surface area contributed by atoms with Crippen LogP contribution in [0.1, 0.15) is 44.7 Å². The highest BCUT2D eigenvalue weighted by Crippen LogP contribution is 2.31. The first-order chi connectivity index (χ1) is 8.16. The van der Waals surface area contributed by atoms with E-state index < -0.39 is 10.0 Å². The first-order valence-electron chi connectivity index (χ1n) is 5.98. The smallest absolute Gasteiger partial charge is 0.209 e. The van der Waals surface area contributed by atoms with Crippen molar-refractivity contribution < 1.29 is 8.42 Å². The van der Waals surface area contributed by atoms with Gasteiger partial charge < -0.3 is 0 Å². The average molecular weight is 290 g/mol. The highest BCUT2D eigenvalue weighted by molar-refractivity contribution is 7.89. The van der Waals surface area contributed by atoms with Crippen LogP contribution in [-0.2, 0) is 10.0 Å². The Labute approximate surface area is 115 Å². The van der Waals surface area contributed by atoms with Crippen molar-refractivity contribution in [1.29, 1.82) is 0 Å². The van der Waals surface area contributed by atoms with Crippen LogP contribution in [0.15, 0.2) is 17.0 Å². The second-order valence-electron chi connectivity index (χ2n) is 5.02. The van der Waals surface area contributed by atoms with E-state index in [1.807, 2.05) is 13.0 Å². The maximum absolute atomic E-state index is 12.1. The third-order valence-corrected chi connectivity index (χ3v) is 5.00. The van der Waals surface area contributed by atoms with Crippen LogP contribution >= 0.6 is 11.6 Å². The van der Waals surface area contributed by atoms with Gasteiger partial charge in [0.15, 0.2) is 0 Å². The number of hydrogen-bond acceptors (Lipinski definition) is 2. The maximum atomic E-state index is 12.1. The van der Waals surface area contributed by atoms with E-state index >= 15 is 0 Å². The minimum Gasteiger partial charge on any atom is -0.209 e. The number of nitrogens with one attached hydrogen (secondary N) is 1. The lowest BCUT2D eigenvalue weighted by atomic mass is 9.98. The lowest BCUT2D eigenvalue weighted by molar-refractivity contribution is 0.569. The predicted octanol–water partition coefficient (Wildman–Crippen LogP) is 3.46. The molecule has 0 aromatic heterocycles. The fraction of sp³-hybridized carbons (Fsp3) is 0.538. The van der Waals surface area contributed by atoms with Crippen LogP contribution in [0.5, 0.6) is 0 Å². The SMILES string of the molecule is Cc1c(C(C)C)ccc(S(=O)(=O)NC(C)C)c1Cl. The van der Waals surface area contributed by atoms with Gasteiger partial charge in [-0.3, -0.25) is 0 Å². The zero-order chi connectivity index (χ0) is 14.1. The van der Waals surface area contributed by atoms with Gasteiger partial charge in [-0.25, -0.2) is 13.1 Å². The summed E-state index contributed by atoms with van der Waals surface area (Å²) in [5, 5.41) is 0.314. The van der Waals surface area contributed by atoms with Crippen LogP contribution in [-0.4, -0.2) is 14.5 Å². The molecule has 0 fully saturated rings. The molecule has 0 bridgehead atoms. The molecule has 0 radical (unpaired) electrons. The van der Waals surface area contributed by atoms with Crippen LogP contribution in [0.2, 0.25) is 5.02 Å². The van der Waals surface area contributed by atoms with Crippen molar-refractivity contribution in [3.63, 3.8) is 0 Å². The van der Waals surface area contributed by atoms with Gasteiger partial charge in [0.1, 0.15) is 4.90 Å². The van der Waals surface area contributed by atoms with E-state index in [1.54, 1.807) is 19.9 Å². The molecule has 0 saturated heterocycles. The molecule has 0 saturated carbocycles. The van der Waals surface area contributed by atoms with Gasteiger partial charge in [0.05, 0.1) is 5.02 Å². The molecule has 0 amide bonds. The molecule has 0 unspecified atom stereocenters. The van der Waals surface area contributed by atoms with Crippen molar-refractivity contribution in [1.82, 2.24) is 4.72 Å². The number of benzene rings is 1. The van der Waals surface area contributed by atoms with E-state index in [9.17, 15) is 8.42 Å². The fourth-order valence-electron chi connectivity index (χ4n) is 1.88. The van der Waals surface area contributed by atoms with Crippen LogP contribution in [0.25, 0.3) is 0 Å². The number of halogens is 1. The number of rotatable bonds is 4. The Bertz CT molecular complexity index is 536. The van der Waals surface area contributed by atoms with E-state index in [2.05, 4.69) is 18.6 Å². The van der Waals surface area contributed by atoms with Crippen molar-refractivity contribution in [3.8, 4) is 0 Å². The molecular formula is C13H20ClNO2S. The molecule has 18 heavy (non-hydrogen) atoms. The van der Waals surface area contributed by atoms with Gasteiger partial charge in [0.2, 0.25) is 10.0 Å². The van der Waals surface area contributed by atoms with E-state index in [-0.39, 0.29) is 10.9 Å². The number of sulfonamides is 1. The van der Waals surface area contributed by atoms with Crippen molar-refractivity contribution in [2.75, 3.05) is 0 Å². The van der Waals surface area contributed by atoms with Crippen molar-refractivity contribution in [3.05, 3.63) is 28.3 Å². The summed E-state index contributed by atoms with van der Waals surface area (Å²) in [4.78, 5) is 0.153. The van der Waals surface area contributed by atoms with E-state index in [4.69, 9.17) is 11.6 Å². The largest absolute Gasteiger partial charge is 0.242 e. The van der Waals surface area contributed by atoms with Gasteiger partial charge in [0, 0.05) is 6.04 Å². The van der Waals surface area contributed by atoms with Crippen LogP contribution in [0, 0.1) is 6.92 Å². The molecular weight excluding hydrogens is 270 g/mol. The van der Waals surface area contributed by atoms with Gasteiger partial charge in [-0.15, -0.1) is 0 Å². The minimum absolute atomic E-state index is 0.153. The van der Waals surface area contributed by atoms with Gasteiger partial charge in [-0.1, -0.05) is 31.5 Å². The summed E-state index contributed by atoms with van der Waals surface area (Å²) >= 11 is 6.19. The molecule has 102 valence electrons. The molecule has 5 heteroatoms. The number of hydrogen-bond donors (Lipinski definition) is 1. The van der Waals surface area contributed by atoms with Crippen LogP contribution in [0.3, 0.4) is 0 Å². The molecule has 1 rings (SSSR count). The van der Waals surface area contributed by atoms with Crippen LogP contribution < -0.4 is 4.72 Å². The van der Waals surface area contributed by atoms with Gasteiger partial charge in [-0.05, 0) is 43.9 Å². The topological polar surface area (TPSA) is 46.2 Å². The summed E-state index contributed by atoms with van der Waals surface area (Å²) in [7, 11) is -3.54. The Morgan fingerprint density at radius 2 is 1.72 bits per heavy atom. The molecule has 0 atom stereocenters. The Morgan fingerprint density at radius 3 is 2.17 bits per heavy atom. The second kappa shape index (κ2) is 5.59. The summed E-state index contributed by atoms with van der Waals surface area (Å²) in [6.45, 7) is 9.52. The molecule has 0 aliphatic heterocycles. The monoisotopic (exact) mass is 289 g/mol. The predicted molar refractivity (Wildman–Crippen MR) is 75.7 cm³/mol. The maximum Gasteiger partial charge on any atom is 0.242 e. The molecule has 0 aliphatic carbocycles. The summed E-state index contributed by atoms with van der Waals surface area (Å²) in [5.74, 6) is 0.317. The summed E-state index contributed by atoms with van der Waals surface area (Å²) in [6, 6.07) is 3.26. The van der Waals surface area contributed by atoms with Crippen molar-refractivity contribution >= 4 is 21.6 Å². The molecule has 1 N–H and O–H groups in total. The Hall–Kier alpha value is -0.580. The van der Waals surface area contributed by atoms with Gasteiger partial charge >= 0.3 is 0 Å². The average Bonchev–Trinajstić information content (AvgIpc) is 2.18. The first kappa shape index (κ1) is 15.5. The summed E-state index contributed by atoms with van der Waals surface area (Å²) in [5.41, 5.74) is 1.90. The highest BCUT2D eigenvalue weighted by Gasteiger charge is 2.21. The normalized spacial score (nSPS) is 12.4. The second-order valence-corrected chi connectivity index (χ2v) is 7.08. The van der Waals surface area contributed by atoms with Gasteiger partial charge in [-0.2, -0.15) is 0 Å². The van der Waals surface area contributed by atoms with E-state index in [1.165, 1.54) is 0 Å². The molecule has 3 nitrogen and oxygen atoms in total. The summed E-state index contributed by atoms with van der Waals surface area (Å²) in [6.07, 6.45) is 0. The molecule has 0 aliphatic rings. The Morgan fingerprint density at radius 1 is 1.17 bits per heavy atom. The third-order valence-electron chi connectivity index (χ3n) is 2.70. The van der Waals surface area contributed by atoms with E-state index in [0.717, 1.165) is 11.1 Å². The van der Waals surface area contributed by atoms with E-state index in [0.29, 0.717) is 10.9 Å². The lowest BCUT2D eigenvalue weighted by Crippen LogP contribution is -2.30. The highest BCUT2D eigenvalue weighted by atomic mass is 35.5. The first-order valence-corrected chi connectivity index (χ1v) is 7.84. The third kappa shape index (κ3) is 3.25. The van der Waals surface area contributed by atoms with Gasteiger partial charge in [0.25, 0.3) is 0 Å². The quantitative estimate of drug-likeness (QED) is 0.923. The Kier molecular flexibility index (Phi) is 4.81. The standard InChI is InChI=1S/C13H20ClNO2S/c1-8(2)11-6-7-12(13(14)10(11)5)18(16,17)15-9(3)4/h6-9,15H,1-5H3. The summed E-state index contributed by atoms with van der Waals surface area (Å²) < 4.78 is 26.7. The molecule has 1 aromatic carbocycles. The zero-order valence-electron chi connectivity index (χ0n) is 11.4. The minimum atomic E-state index is -3.54. The molecule has 0 heterocycles. The molecule has 0 spiro atoms. The van der Waals surface area contributed by atoms with Crippen molar-refractivity contribution in [2.24, 2.45) is 0 Å². The zero-order valence-corrected chi connectivity index (χ0v) is 13.0.